The predicted octanol–water partition coefficient (Wildman–Crippen LogP) is 3.26. The smallest absolute Gasteiger partial charge is 0.251 e. The van der Waals surface area contributed by atoms with Gasteiger partial charge in [-0.2, -0.15) is 10.2 Å². The van der Waals surface area contributed by atoms with E-state index in [1.807, 2.05) is 31.3 Å². The summed E-state index contributed by atoms with van der Waals surface area (Å²) in [5.74, 6) is -1.23. The number of aromatic amines is 1. The maximum atomic E-state index is 14.1. The Hall–Kier alpha value is -4.47. The van der Waals surface area contributed by atoms with Crippen molar-refractivity contribution < 1.29 is 13.9 Å². The van der Waals surface area contributed by atoms with Crippen LogP contribution in [-0.2, 0) is 0 Å². The number of benzene rings is 2. The summed E-state index contributed by atoms with van der Waals surface area (Å²) < 4.78 is 22.0. The molecule has 0 saturated heterocycles. The zero-order valence-electron chi connectivity index (χ0n) is 16.9. The molecule has 3 aromatic heterocycles. The maximum Gasteiger partial charge on any atom is 0.251 e. The van der Waals surface area contributed by atoms with Crippen LogP contribution in [-0.4, -0.2) is 30.9 Å². The highest BCUT2D eigenvalue weighted by Gasteiger charge is 2.19. The molecule has 9 nitrogen and oxygen atoms in total. The first kappa shape index (κ1) is 19.5. The van der Waals surface area contributed by atoms with Crippen molar-refractivity contribution in [3.8, 4) is 11.4 Å². The number of nitrogen functional groups attached to an aromatic ring is 1. The van der Waals surface area contributed by atoms with Gasteiger partial charge in [0.2, 0.25) is 0 Å². The van der Waals surface area contributed by atoms with Gasteiger partial charge < -0.3 is 16.2 Å². The van der Waals surface area contributed by atoms with E-state index in [-0.39, 0.29) is 11.4 Å². The topological polar surface area (TPSA) is 138 Å². The number of primary amides is 1. The number of hydrogen-bond donors (Lipinski definition) is 3. The van der Waals surface area contributed by atoms with Crippen molar-refractivity contribution in [3.05, 3.63) is 71.9 Å². The lowest BCUT2D eigenvalue weighted by Crippen LogP contribution is -2.13. The Morgan fingerprint density at radius 2 is 2.06 bits per heavy atom. The summed E-state index contributed by atoms with van der Waals surface area (Å²) in [7, 11) is 0. The van der Waals surface area contributed by atoms with Crippen LogP contribution in [0.15, 0.2) is 55.0 Å². The third-order valence-corrected chi connectivity index (χ3v) is 5.24. The number of H-pyrrole nitrogens is 1. The van der Waals surface area contributed by atoms with Gasteiger partial charge in [0.15, 0.2) is 11.6 Å². The van der Waals surface area contributed by atoms with Crippen molar-refractivity contribution in [2.24, 2.45) is 5.73 Å². The second kappa shape index (κ2) is 7.34. The second-order valence-electron chi connectivity index (χ2n) is 7.34. The molecule has 1 amide bonds. The van der Waals surface area contributed by atoms with E-state index in [2.05, 4.69) is 20.3 Å². The summed E-state index contributed by atoms with van der Waals surface area (Å²) in [6.07, 6.45) is 4.80. The van der Waals surface area contributed by atoms with Crippen molar-refractivity contribution >= 4 is 33.5 Å². The Morgan fingerprint density at radius 3 is 2.81 bits per heavy atom. The van der Waals surface area contributed by atoms with Crippen molar-refractivity contribution in [1.29, 1.82) is 0 Å². The van der Waals surface area contributed by atoms with Crippen LogP contribution in [0.2, 0.25) is 0 Å². The number of anilines is 1. The normalized spacial score (nSPS) is 12.3. The molecule has 0 unspecified atom stereocenters. The fraction of sp³-hybridized carbons (Fsp3) is 0.0909. The quantitative estimate of drug-likeness (QED) is 0.390. The molecule has 5 aromatic rings. The molecule has 0 fully saturated rings. The van der Waals surface area contributed by atoms with E-state index < -0.39 is 17.8 Å². The summed E-state index contributed by atoms with van der Waals surface area (Å²) >= 11 is 0. The highest BCUT2D eigenvalue weighted by Crippen LogP contribution is 2.33. The number of pyridine rings is 1. The highest BCUT2D eigenvalue weighted by atomic mass is 19.1. The number of fused-ring (bicyclic) bond motifs is 2. The third kappa shape index (κ3) is 3.27. The molecule has 2 aromatic carbocycles. The van der Waals surface area contributed by atoms with Gasteiger partial charge in [0, 0.05) is 34.8 Å². The molecule has 0 aliphatic carbocycles. The number of nitrogens with two attached hydrogens (primary N) is 2. The van der Waals surface area contributed by atoms with E-state index in [4.69, 9.17) is 16.2 Å². The number of carbonyl (C=O) groups excluding carboxylic acids is 1. The zero-order chi connectivity index (χ0) is 22.4. The molecule has 1 atom stereocenters. The third-order valence-electron chi connectivity index (χ3n) is 5.24. The molecule has 5 rings (SSSR count). The van der Waals surface area contributed by atoms with Crippen molar-refractivity contribution in [2.45, 2.75) is 13.0 Å². The molecule has 0 bridgehead atoms. The fourth-order valence-corrected chi connectivity index (χ4v) is 3.66. The molecule has 0 spiro atoms. The molecule has 160 valence electrons. The first-order valence-electron chi connectivity index (χ1n) is 9.74. The number of rotatable bonds is 5. The number of carbonyl (C=O) groups is 1. The molecule has 10 heteroatoms. The first-order chi connectivity index (χ1) is 15.4. The monoisotopic (exact) mass is 431 g/mol. The Bertz CT molecular complexity index is 1480. The molecular formula is C22H18FN7O2. The molecule has 5 N–H and O–H groups in total. The van der Waals surface area contributed by atoms with Crippen LogP contribution in [0.1, 0.15) is 28.9 Å². The Labute approximate surface area is 180 Å². The van der Waals surface area contributed by atoms with Gasteiger partial charge in [0.25, 0.3) is 5.91 Å². The van der Waals surface area contributed by atoms with Crippen LogP contribution in [0.3, 0.4) is 0 Å². The van der Waals surface area contributed by atoms with Crippen molar-refractivity contribution in [3.63, 3.8) is 0 Å². The second-order valence-corrected chi connectivity index (χ2v) is 7.34. The van der Waals surface area contributed by atoms with Gasteiger partial charge in [-0.15, -0.1) is 0 Å². The number of halogens is 1. The van der Waals surface area contributed by atoms with E-state index in [0.717, 1.165) is 28.2 Å². The zero-order valence-corrected chi connectivity index (χ0v) is 16.9. The van der Waals surface area contributed by atoms with E-state index in [9.17, 15) is 9.18 Å². The average molecular weight is 431 g/mol. The Kier molecular flexibility index (Phi) is 4.47. The van der Waals surface area contributed by atoms with Crippen LogP contribution >= 0.6 is 0 Å². The minimum atomic E-state index is -0.867. The molecule has 0 aliphatic rings. The lowest BCUT2D eigenvalue weighted by molar-refractivity contribution is 0.0996. The van der Waals surface area contributed by atoms with E-state index >= 15 is 0 Å². The van der Waals surface area contributed by atoms with Gasteiger partial charge in [-0.1, -0.05) is 0 Å². The molecular weight excluding hydrogens is 413 g/mol. The summed E-state index contributed by atoms with van der Waals surface area (Å²) in [5, 5.41) is 12.8. The lowest BCUT2D eigenvalue weighted by atomic mass is 10.1. The predicted molar refractivity (Wildman–Crippen MR) is 117 cm³/mol. The van der Waals surface area contributed by atoms with E-state index in [1.54, 1.807) is 23.1 Å². The van der Waals surface area contributed by atoms with Gasteiger partial charge >= 0.3 is 0 Å². The van der Waals surface area contributed by atoms with Crippen LogP contribution in [0, 0.1) is 5.82 Å². The number of aromatic nitrogens is 5. The number of amides is 1. The van der Waals surface area contributed by atoms with Crippen molar-refractivity contribution in [2.75, 3.05) is 5.73 Å². The number of nitrogens with zero attached hydrogens (tertiary/aromatic N) is 4. The average Bonchev–Trinajstić information content (AvgIpc) is 3.44. The molecule has 0 saturated carbocycles. The van der Waals surface area contributed by atoms with Gasteiger partial charge in [-0.3, -0.25) is 9.89 Å². The number of nitrogens with one attached hydrogen (secondary N) is 1. The summed E-state index contributed by atoms with van der Waals surface area (Å²) in [6, 6.07) is 9.81. The maximum absolute atomic E-state index is 14.1. The van der Waals surface area contributed by atoms with Gasteiger partial charge in [0.1, 0.15) is 11.9 Å². The molecule has 0 aliphatic heterocycles. The highest BCUT2D eigenvalue weighted by molar-refractivity contribution is 5.97. The minimum absolute atomic E-state index is 0.0961. The van der Waals surface area contributed by atoms with Crippen LogP contribution in [0.5, 0.6) is 5.75 Å². The number of ether oxygens (including phenoxy) is 1. The number of hydrogen-bond acceptors (Lipinski definition) is 6. The SMILES string of the molecule is C[C@@H](Oc1cc2cc(C(N)=O)c(F)cc2nc1N)c1cc2[nH]ncc2cc1-n1cccn1. The van der Waals surface area contributed by atoms with Crippen LogP contribution < -0.4 is 16.2 Å². The van der Waals surface area contributed by atoms with Gasteiger partial charge in [0.05, 0.1) is 28.5 Å². The fourth-order valence-electron chi connectivity index (χ4n) is 3.66. The van der Waals surface area contributed by atoms with Crippen LogP contribution in [0.4, 0.5) is 10.2 Å². The largest absolute Gasteiger partial charge is 0.482 e. The molecule has 32 heavy (non-hydrogen) atoms. The molecule has 3 heterocycles. The Balaban J connectivity index is 1.57. The summed E-state index contributed by atoms with van der Waals surface area (Å²) in [4.78, 5) is 15.7. The van der Waals surface area contributed by atoms with Gasteiger partial charge in [-0.05, 0) is 37.3 Å². The lowest BCUT2D eigenvalue weighted by Gasteiger charge is -2.20. The minimum Gasteiger partial charge on any atom is -0.482 e. The standard InChI is InChI=1S/C22H18FN7O2/c1-11(14-8-18-13(10-26-29-18)6-19(14)30-4-2-3-27-30)32-20-7-12-5-15(22(25)31)16(23)9-17(12)28-21(20)24/h2-11H,1H3,(H2,24,28)(H2,25,31)(H,26,29)/t11-/m1/s1. The van der Waals surface area contributed by atoms with E-state index in [1.165, 1.54) is 6.07 Å². The van der Waals surface area contributed by atoms with E-state index in [0.29, 0.717) is 16.7 Å². The molecule has 0 radical (unpaired) electrons. The summed E-state index contributed by atoms with van der Waals surface area (Å²) in [6.45, 7) is 1.87. The van der Waals surface area contributed by atoms with Gasteiger partial charge in [-0.25, -0.2) is 14.1 Å². The Morgan fingerprint density at radius 1 is 1.22 bits per heavy atom. The van der Waals surface area contributed by atoms with Crippen LogP contribution in [0.25, 0.3) is 27.5 Å². The summed E-state index contributed by atoms with van der Waals surface area (Å²) in [5.41, 5.74) is 13.9. The first-order valence-corrected chi connectivity index (χ1v) is 9.74. The van der Waals surface area contributed by atoms with Crippen molar-refractivity contribution in [1.82, 2.24) is 25.0 Å².